The van der Waals surface area contributed by atoms with E-state index < -0.39 is 23.6 Å². The second-order valence-electron chi connectivity index (χ2n) is 3.25. The smallest absolute Gasteiger partial charge is 0.239 e. The van der Waals surface area contributed by atoms with Crippen LogP contribution in [0, 0.1) is 11.6 Å². The van der Waals surface area contributed by atoms with Crippen LogP contribution in [0.2, 0.25) is 0 Å². The summed E-state index contributed by atoms with van der Waals surface area (Å²) in [5, 5.41) is 2.63. The Morgan fingerprint density at radius 3 is 2.62 bits per heavy atom. The Bertz CT molecular complexity index is 389. The van der Waals surface area contributed by atoms with Gasteiger partial charge >= 0.3 is 0 Å². The predicted octanol–water partition coefficient (Wildman–Crippen LogP) is 2.40. The van der Waals surface area contributed by atoms with Gasteiger partial charge in [0, 0.05) is 10.5 Å². The molecule has 0 aliphatic rings. The fourth-order valence-corrected chi connectivity index (χ4v) is 1.75. The van der Waals surface area contributed by atoms with Crippen LogP contribution in [-0.4, -0.2) is 11.9 Å². The molecular formula is C10H11BrF2N2O. The highest BCUT2D eigenvalue weighted by molar-refractivity contribution is 9.10. The Hall–Kier alpha value is -1.17. The van der Waals surface area contributed by atoms with Crippen molar-refractivity contribution in [1.29, 1.82) is 0 Å². The lowest BCUT2D eigenvalue weighted by atomic mass is 10.2. The molecule has 0 radical (unpaired) electrons. The molecule has 6 heteroatoms. The minimum atomic E-state index is -0.772. The van der Waals surface area contributed by atoms with Gasteiger partial charge < -0.3 is 11.1 Å². The molecule has 0 aromatic heterocycles. The first-order valence-electron chi connectivity index (χ1n) is 4.66. The number of hydrogen-bond donors (Lipinski definition) is 2. The van der Waals surface area contributed by atoms with Crippen LogP contribution in [0.1, 0.15) is 13.3 Å². The normalized spacial score (nSPS) is 12.2. The van der Waals surface area contributed by atoms with Crippen LogP contribution in [0.25, 0.3) is 0 Å². The van der Waals surface area contributed by atoms with Crippen molar-refractivity contribution in [3.8, 4) is 0 Å². The van der Waals surface area contributed by atoms with Crippen LogP contribution >= 0.6 is 15.9 Å². The van der Waals surface area contributed by atoms with E-state index in [2.05, 4.69) is 21.2 Å². The molecule has 0 bridgehead atoms. The van der Waals surface area contributed by atoms with Crippen LogP contribution < -0.4 is 11.1 Å². The standard InChI is InChI=1S/C10H11BrF2N2O/c1-2-8(10(14)16)15-9-6(11)3-5(12)4-7(9)13/h3-4,8,15H,2H2,1H3,(H2,14,16). The molecule has 0 aliphatic carbocycles. The van der Waals surface area contributed by atoms with Gasteiger partial charge in [0.25, 0.3) is 0 Å². The van der Waals surface area contributed by atoms with E-state index in [1.165, 1.54) is 0 Å². The number of carbonyl (C=O) groups is 1. The number of hydrogen-bond acceptors (Lipinski definition) is 2. The topological polar surface area (TPSA) is 55.1 Å². The minimum Gasteiger partial charge on any atom is -0.370 e. The first kappa shape index (κ1) is 12.9. The molecule has 88 valence electrons. The van der Waals surface area contributed by atoms with Gasteiger partial charge in [-0.15, -0.1) is 0 Å². The zero-order valence-electron chi connectivity index (χ0n) is 8.56. The van der Waals surface area contributed by atoms with Crippen molar-refractivity contribution in [2.24, 2.45) is 5.73 Å². The van der Waals surface area contributed by atoms with Crippen LogP contribution in [0.15, 0.2) is 16.6 Å². The second kappa shape index (κ2) is 5.25. The third-order valence-electron chi connectivity index (χ3n) is 2.08. The van der Waals surface area contributed by atoms with Crippen molar-refractivity contribution in [2.75, 3.05) is 5.32 Å². The number of rotatable bonds is 4. The molecule has 0 fully saturated rings. The zero-order chi connectivity index (χ0) is 12.3. The molecule has 1 aromatic carbocycles. The fraction of sp³-hybridized carbons (Fsp3) is 0.300. The van der Waals surface area contributed by atoms with Gasteiger partial charge in [-0.1, -0.05) is 6.92 Å². The summed E-state index contributed by atoms with van der Waals surface area (Å²) in [7, 11) is 0. The zero-order valence-corrected chi connectivity index (χ0v) is 10.1. The monoisotopic (exact) mass is 292 g/mol. The lowest BCUT2D eigenvalue weighted by Gasteiger charge is -2.16. The van der Waals surface area contributed by atoms with Crippen molar-refractivity contribution in [3.63, 3.8) is 0 Å². The van der Waals surface area contributed by atoms with E-state index >= 15 is 0 Å². The van der Waals surface area contributed by atoms with Crippen LogP contribution in [0.3, 0.4) is 0 Å². The molecule has 16 heavy (non-hydrogen) atoms. The Morgan fingerprint density at radius 2 is 2.19 bits per heavy atom. The summed E-state index contributed by atoms with van der Waals surface area (Å²) in [6.07, 6.45) is 0.415. The third-order valence-corrected chi connectivity index (χ3v) is 2.70. The number of nitrogens with one attached hydrogen (secondary N) is 1. The number of nitrogens with two attached hydrogens (primary N) is 1. The largest absolute Gasteiger partial charge is 0.370 e. The van der Waals surface area contributed by atoms with Gasteiger partial charge in [0.05, 0.1) is 5.69 Å². The molecule has 1 unspecified atom stereocenters. The highest BCUT2D eigenvalue weighted by Gasteiger charge is 2.17. The van der Waals surface area contributed by atoms with E-state index in [-0.39, 0.29) is 10.2 Å². The highest BCUT2D eigenvalue weighted by Crippen LogP contribution is 2.27. The maximum absolute atomic E-state index is 13.4. The molecule has 1 aromatic rings. The maximum atomic E-state index is 13.4. The average Bonchev–Trinajstić information content (AvgIpc) is 2.15. The van der Waals surface area contributed by atoms with Crippen LogP contribution in [-0.2, 0) is 4.79 Å². The second-order valence-corrected chi connectivity index (χ2v) is 4.11. The van der Waals surface area contributed by atoms with Crippen molar-refractivity contribution in [1.82, 2.24) is 0 Å². The Balaban J connectivity index is 3.01. The fourth-order valence-electron chi connectivity index (χ4n) is 1.23. The first-order chi connectivity index (χ1) is 7.45. The SMILES string of the molecule is CCC(Nc1c(F)cc(F)cc1Br)C(N)=O. The minimum absolute atomic E-state index is 0.0343. The van der Waals surface area contributed by atoms with Crippen molar-refractivity contribution in [3.05, 3.63) is 28.2 Å². The van der Waals surface area contributed by atoms with Gasteiger partial charge in [0.15, 0.2) is 0 Å². The summed E-state index contributed by atoms with van der Waals surface area (Å²) in [4.78, 5) is 11.0. The first-order valence-corrected chi connectivity index (χ1v) is 5.45. The molecule has 3 nitrogen and oxygen atoms in total. The lowest BCUT2D eigenvalue weighted by molar-refractivity contribution is -0.118. The molecule has 1 amide bonds. The lowest BCUT2D eigenvalue weighted by Crippen LogP contribution is -2.35. The van der Waals surface area contributed by atoms with Crippen molar-refractivity contribution < 1.29 is 13.6 Å². The molecule has 0 aliphatic heterocycles. The molecule has 3 N–H and O–H groups in total. The molecular weight excluding hydrogens is 282 g/mol. The number of primary amides is 1. The molecule has 0 saturated heterocycles. The van der Waals surface area contributed by atoms with Gasteiger partial charge in [-0.25, -0.2) is 8.78 Å². The van der Waals surface area contributed by atoms with Gasteiger partial charge in [0.2, 0.25) is 5.91 Å². The molecule has 1 atom stereocenters. The number of amides is 1. The van der Waals surface area contributed by atoms with E-state index in [0.29, 0.717) is 6.42 Å². The molecule has 0 saturated carbocycles. The number of anilines is 1. The van der Waals surface area contributed by atoms with Gasteiger partial charge in [0.1, 0.15) is 17.7 Å². The van der Waals surface area contributed by atoms with E-state index in [1.54, 1.807) is 6.92 Å². The van der Waals surface area contributed by atoms with Crippen LogP contribution in [0.4, 0.5) is 14.5 Å². The maximum Gasteiger partial charge on any atom is 0.239 e. The van der Waals surface area contributed by atoms with E-state index in [0.717, 1.165) is 12.1 Å². The van der Waals surface area contributed by atoms with Gasteiger partial charge in [-0.05, 0) is 28.4 Å². The predicted molar refractivity (Wildman–Crippen MR) is 61.0 cm³/mol. The Kier molecular flexibility index (Phi) is 4.23. The molecule has 1 rings (SSSR count). The number of halogens is 3. The van der Waals surface area contributed by atoms with Crippen LogP contribution in [0.5, 0.6) is 0 Å². The van der Waals surface area contributed by atoms with Crippen molar-refractivity contribution in [2.45, 2.75) is 19.4 Å². The summed E-state index contributed by atoms with van der Waals surface area (Å²) in [5.41, 5.74) is 5.15. The Labute approximate surface area is 100 Å². The third kappa shape index (κ3) is 2.91. The van der Waals surface area contributed by atoms with E-state index in [4.69, 9.17) is 5.73 Å². The summed E-state index contributed by atoms with van der Waals surface area (Å²) >= 11 is 3.01. The summed E-state index contributed by atoms with van der Waals surface area (Å²) in [5.74, 6) is -2.05. The molecule has 0 heterocycles. The number of benzene rings is 1. The quantitative estimate of drug-likeness (QED) is 0.895. The molecule has 0 spiro atoms. The highest BCUT2D eigenvalue weighted by atomic mass is 79.9. The Morgan fingerprint density at radius 1 is 1.56 bits per heavy atom. The van der Waals surface area contributed by atoms with Gasteiger partial charge in [-0.3, -0.25) is 4.79 Å². The summed E-state index contributed by atoms with van der Waals surface area (Å²) in [6.45, 7) is 1.73. The average molecular weight is 293 g/mol. The van der Waals surface area contributed by atoms with Crippen molar-refractivity contribution >= 4 is 27.5 Å². The van der Waals surface area contributed by atoms with Gasteiger partial charge in [-0.2, -0.15) is 0 Å². The summed E-state index contributed by atoms with van der Waals surface area (Å²) < 4.78 is 26.4. The van der Waals surface area contributed by atoms with E-state index in [9.17, 15) is 13.6 Å². The number of carbonyl (C=O) groups excluding carboxylic acids is 1. The van der Waals surface area contributed by atoms with E-state index in [1.807, 2.05) is 0 Å². The summed E-state index contributed by atoms with van der Waals surface area (Å²) in [6, 6.07) is 1.16.